The normalized spacial score (nSPS) is 11.4. The lowest BCUT2D eigenvalue weighted by atomic mass is 9.98. The number of hydrogen-bond acceptors (Lipinski definition) is 4. The first-order valence-corrected chi connectivity index (χ1v) is 6.79. The summed E-state index contributed by atoms with van der Waals surface area (Å²) in [5.41, 5.74) is -0.627. The van der Waals surface area contributed by atoms with Crippen LogP contribution in [-0.4, -0.2) is 25.2 Å². The van der Waals surface area contributed by atoms with Crippen LogP contribution in [0.15, 0.2) is 24.3 Å². The van der Waals surface area contributed by atoms with E-state index in [9.17, 15) is 22.8 Å². The number of rotatable bonds is 6. The topological polar surface area (TPSA) is 52.6 Å². The summed E-state index contributed by atoms with van der Waals surface area (Å²) in [6.07, 6.45) is -4.69. The fourth-order valence-electron chi connectivity index (χ4n) is 1.86. The van der Waals surface area contributed by atoms with Crippen LogP contribution in [0.4, 0.5) is 13.2 Å². The van der Waals surface area contributed by atoms with Gasteiger partial charge in [0.1, 0.15) is 0 Å². The minimum absolute atomic E-state index is 0.0668. The molecule has 22 heavy (non-hydrogen) atoms. The zero-order valence-corrected chi connectivity index (χ0v) is 12.3. The fourth-order valence-corrected chi connectivity index (χ4v) is 1.86. The molecule has 0 aliphatic carbocycles. The molecule has 0 radical (unpaired) electrons. The van der Waals surface area contributed by atoms with Crippen molar-refractivity contribution in [3.63, 3.8) is 0 Å². The summed E-state index contributed by atoms with van der Waals surface area (Å²) < 4.78 is 47.6. The molecule has 0 atom stereocenters. The van der Waals surface area contributed by atoms with Gasteiger partial charge in [0.2, 0.25) is 0 Å². The van der Waals surface area contributed by atoms with E-state index in [2.05, 4.69) is 0 Å². The van der Waals surface area contributed by atoms with Crippen LogP contribution in [0.25, 0.3) is 0 Å². The fraction of sp³-hybridized carbons (Fsp3) is 0.467. The van der Waals surface area contributed by atoms with Crippen molar-refractivity contribution in [2.45, 2.75) is 26.4 Å². The molecule has 0 heterocycles. The van der Waals surface area contributed by atoms with Crippen molar-refractivity contribution in [1.29, 1.82) is 0 Å². The van der Waals surface area contributed by atoms with Gasteiger partial charge in [0.25, 0.3) is 0 Å². The second kappa shape index (κ2) is 7.82. The van der Waals surface area contributed by atoms with Gasteiger partial charge < -0.3 is 9.47 Å². The van der Waals surface area contributed by atoms with E-state index in [1.807, 2.05) is 0 Å². The molecule has 0 aliphatic heterocycles. The Morgan fingerprint density at radius 1 is 1.09 bits per heavy atom. The summed E-state index contributed by atoms with van der Waals surface area (Å²) in [7, 11) is 0. The summed E-state index contributed by atoms with van der Waals surface area (Å²) in [4.78, 5) is 23.6. The predicted octanol–water partition coefficient (Wildman–Crippen LogP) is 2.99. The van der Waals surface area contributed by atoms with Gasteiger partial charge in [-0.2, -0.15) is 13.2 Å². The molecule has 0 amide bonds. The van der Waals surface area contributed by atoms with Crippen LogP contribution >= 0.6 is 0 Å². The molecule has 0 bridgehead atoms. The highest BCUT2D eigenvalue weighted by Gasteiger charge is 2.33. The van der Waals surface area contributed by atoms with Crippen LogP contribution in [0, 0.1) is 5.92 Å². The molecule has 0 N–H and O–H groups in total. The van der Waals surface area contributed by atoms with Crippen molar-refractivity contribution >= 4 is 11.9 Å². The minimum Gasteiger partial charge on any atom is -0.465 e. The molecule has 7 heteroatoms. The molecule has 0 aliphatic rings. The second-order valence-electron chi connectivity index (χ2n) is 4.46. The summed E-state index contributed by atoms with van der Waals surface area (Å²) >= 11 is 0. The number of alkyl halides is 3. The number of halogens is 3. The Kier molecular flexibility index (Phi) is 6.39. The van der Waals surface area contributed by atoms with Gasteiger partial charge in [-0.1, -0.05) is 18.2 Å². The van der Waals surface area contributed by atoms with Crippen LogP contribution in [0.5, 0.6) is 0 Å². The molecular formula is C15H17F3O4. The van der Waals surface area contributed by atoms with E-state index >= 15 is 0 Å². The molecule has 1 aromatic rings. The lowest BCUT2D eigenvalue weighted by molar-refractivity contribution is -0.161. The average Bonchev–Trinajstić information content (AvgIpc) is 2.44. The van der Waals surface area contributed by atoms with Crippen LogP contribution < -0.4 is 0 Å². The summed E-state index contributed by atoms with van der Waals surface area (Å²) in [6.45, 7) is 3.28. The van der Waals surface area contributed by atoms with E-state index in [4.69, 9.17) is 9.47 Å². The van der Waals surface area contributed by atoms with Crippen molar-refractivity contribution in [3.05, 3.63) is 35.4 Å². The molecule has 0 saturated heterocycles. The van der Waals surface area contributed by atoms with Gasteiger partial charge >= 0.3 is 18.1 Å². The average molecular weight is 318 g/mol. The highest BCUT2D eigenvalue weighted by molar-refractivity contribution is 5.95. The first-order chi connectivity index (χ1) is 10.3. The van der Waals surface area contributed by atoms with Gasteiger partial charge in [-0.25, -0.2) is 0 Å². The van der Waals surface area contributed by atoms with Gasteiger partial charge in [0.05, 0.1) is 18.8 Å². The van der Waals surface area contributed by atoms with Crippen molar-refractivity contribution in [1.82, 2.24) is 0 Å². The van der Waals surface area contributed by atoms with Crippen LogP contribution in [0.2, 0.25) is 0 Å². The maximum absolute atomic E-state index is 12.7. The molecule has 122 valence electrons. The standard InChI is InChI=1S/C15H17F3O4/c1-3-21-13(19)12(14(20)22-4-2)9-10-6-5-7-11(8-10)15(16,17)18/h5-8,12H,3-4,9H2,1-2H3. The lowest BCUT2D eigenvalue weighted by Crippen LogP contribution is -2.30. The van der Waals surface area contributed by atoms with Crippen molar-refractivity contribution in [2.75, 3.05) is 13.2 Å². The molecule has 4 nitrogen and oxygen atoms in total. The number of ether oxygens (including phenoxy) is 2. The van der Waals surface area contributed by atoms with Crippen LogP contribution in [0.1, 0.15) is 25.0 Å². The second-order valence-corrected chi connectivity index (χ2v) is 4.46. The third kappa shape index (κ3) is 5.05. The molecule has 0 fully saturated rings. The number of carbonyl (C=O) groups excluding carboxylic acids is 2. The maximum atomic E-state index is 12.7. The van der Waals surface area contributed by atoms with E-state index in [1.54, 1.807) is 13.8 Å². The van der Waals surface area contributed by atoms with Gasteiger partial charge in [0.15, 0.2) is 5.92 Å². The highest BCUT2D eigenvalue weighted by atomic mass is 19.4. The molecule has 0 spiro atoms. The minimum atomic E-state index is -4.49. The Hall–Kier alpha value is -2.05. The number of hydrogen-bond donors (Lipinski definition) is 0. The predicted molar refractivity (Wildman–Crippen MR) is 71.9 cm³/mol. The summed E-state index contributed by atoms with van der Waals surface area (Å²) in [6, 6.07) is 4.48. The molecule has 0 aromatic heterocycles. The van der Waals surface area contributed by atoms with Gasteiger partial charge in [-0.15, -0.1) is 0 Å². The van der Waals surface area contributed by atoms with E-state index in [1.165, 1.54) is 12.1 Å². The van der Waals surface area contributed by atoms with Crippen LogP contribution in [-0.2, 0) is 31.7 Å². The van der Waals surface area contributed by atoms with Crippen molar-refractivity contribution < 1.29 is 32.2 Å². The van der Waals surface area contributed by atoms with Gasteiger partial charge in [0, 0.05) is 0 Å². The molecular weight excluding hydrogens is 301 g/mol. The number of benzene rings is 1. The largest absolute Gasteiger partial charge is 0.465 e. The van der Waals surface area contributed by atoms with E-state index in [0.29, 0.717) is 0 Å². The quantitative estimate of drug-likeness (QED) is 0.598. The summed E-state index contributed by atoms with van der Waals surface area (Å²) in [5, 5.41) is 0. The number of esters is 2. The van der Waals surface area contributed by atoms with E-state index < -0.39 is 29.6 Å². The molecule has 0 saturated carbocycles. The summed E-state index contributed by atoms with van der Waals surface area (Å²) in [5.74, 6) is -2.89. The Balaban J connectivity index is 2.98. The highest BCUT2D eigenvalue weighted by Crippen LogP contribution is 2.30. The zero-order chi connectivity index (χ0) is 16.8. The monoisotopic (exact) mass is 318 g/mol. The van der Waals surface area contributed by atoms with E-state index in [-0.39, 0.29) is 25.2 Å². The van der Waals surface area contributed by atoms with E-state index in [0.717, 1.165) is 12.1 Å². The van der Waals surface area contributed by atoms with Crippen molar-refractivity contribution in [2.24, 2.45) is 5.92 Å². The molecule has 1 aromatic carbocycles. The molecule has 0 unspecified atom stereocenters. The number of carbonyl (C=O) groups is 2. The lowest BCUT2D eigenvalue weighted by Gasteiger charge is -2.15. The first-order valence-electron chi connectivity index (χ1n) is 6.79. The van der Waals surface area contributed by atoms with Gasteiger partial charge in [-0.3, -0.25) is 9.59 Å². The zero-order valence-electron chi connectivity index (χ0n) is 12.3. The Morgan fingerprint density at radius 2 is 1.64 bits per heavy atom. The maximum Gasteiger partial charge on any atom is 0.416 e. The SMILES string of the molecule is CCOC(=O)C(Cc1cccc(C(F)(F)F)c1)C(=O)OCC. The Bertz CT molecular complexity index is 508. The smallest absolute Gasteiger partial charge is 0.416 e. The molecule has 1 rings (SSSR count). The third-order valence-electron chi connectivity index (χ3n) is 2.84. The third-order valence-corrected chi connectivity index (χ3v) is 2.84. The van der Waals surface area contributed by atoms with Gasteiger partial charge in [-0.05, 0) is 31.9 Å². The first kappa shape index (κ1) is 18.0. The van der Waals surface area contributed by atoms with Crippen molar-refractivity contribution in [3.8, 4) is 0 Å². The Labute approximate surface area is 126 Å². The Morgan fingerprint density at radius 3 is 2.09 bits per heavy atom. The van der Waals surface area contributed by atoms with Crippen LogP contribution in [0.3, 0.4) is 0 Å².